The van der Waals surface area contributed by atoms with Gasteiger partial charge in [-0.1, -0.05) is 6.07 Å². The highest BCUT2D eigenvalue weighted by atomic mass is 16.5. The third-order valence-corrected chi connectivity index (χ3v) is 3.05. The first kappa shape index (κ1) is 12.4. The second-order valence-electron chi connectivity index (χ2n) is 4.42. The highest BCUT2D eigenvalue weighted by molar-refractivity contribution is 5.38. The number of aryl methyl sites for hydroxylation is 1. The van der Waals surface area contributed by atoms with Gasteiger partial charge in [-0.25, -0.2) is 0 Å². The van der Waals surface area contributed by atoms with Gasteiger partial charge in [0, 0.05) is 0 Å². The molecule has 0 aliphatic heterocycles. The third-order valence-electron chi connectivity index (χ3n) is 3.05. The Morgan fingerprint density at radius 3 is 3.00 bits per heavy atom. The van der Waals surface area contributed by atoms with Gasteiger partial charge in [0.1, 0.15) is 18.5 Å². The van der Waals surface area contributed by atoms with Crippen LogP contribution in [0.15, 0.2) is 18.2 Å². The summed E-state index contributed by atoms with van der Waals surface area (Å²) in [4.78, 5) is 0. The molecule has 4 heteroatoms. The van der Waals surface area contributed by atoms with Crippen molar-refractivity contribution in [2.24, 2.45) is 0 Å². The van der Waals surface area contributed by atoms with Crippen LogP contribution in [0.3, 0.4) is 0 Å². The predicted octanol–water partition coefficient (Wildman–Crippen LogP) is 0.788. The molecule has 2 atom stereocenters. The van der Waals surface area contributed by atoms with Crippen molar-refractivity contribution in [3.05, 3.63) is 29.3 Å². The molecule has 3 N–H and O–H groups in total. The molecule has 1 unspecified atom stereocenters. The molecule has 4 nitrogen and oxygen atoms in total. The molecule has 0 amide bonds. The molecule has 0 heterocycles. The van der Waals surface area contributed by atoms with E-state index in [1.165, 1.54) is 5.56 Å². The molecule has 0 bridgehead atoms. The molecule has 1 aliphatic carbocycles. The molecule has 0 fully saturated rings. The van der Waals surface area contributed by atoms with Crippen LogP contribution < -0.4 is 4.74 Å². The molecule has 17 heavy (non-hydrogen) atoms. The monoisotopic (exact) mass is 238 g/mol. The van der Waals surface area contributed by atoms with Gasteiger partial charge in [0.15, 0.2) is 0 Å². The third kappa shape index (κ3) is 2.97. The van der Waals surface area contributed by atoms with Crippen LogP contribution in [0.1, 0.15) is 30.1 Å². The Balaban J connectivity index is 2.07. The number of fused-ring (bicyclic) bond motifs is 1. The summed E-state index contributed by atoms with van der Waals surface area (Å²) in [6, 6.07) is 5.61. The molecule has 0 radical (unpaired) electrons. The van der Waals surface area contributed by atoms with E-state index in [0.29, 0.717) is 5.75 Å². The van der Waals surface area contributed by atoms with Gasteiger partial charge in [0.05, 0.1) is 12.7 Å². The van der Waals surface area contributed by atoms with Gasteiger partial charge in [0.2, 0.25) is 0 Å². The molecule has 0 saturated heterocycles. The minimum Gasteiger partial charge on any atom is -0.491 e. The van der Waals surface area contributed by atoms with Gasteiger partial charge in [-0.15, -0.1) is 0 Å². The van der Waals surface area contributed by atoms with E-state index in [1.54, 1.807) is 0 Å². The quantitative estimate of drug-likeness (QED) is 0.725. The molecule has 0 spiro atoms. The topological polar surface area (TPSA) is 69.9 Å². The molecule has 1 aromatic carbocycles. The van der Waals surface area contributed by atoms with E-state index in [-0.39, 0.29) is 13.2 Å². The first-order chi connectivity index (χ1) is 8.20. The Morgan fingerprint density at radius 1 is 1.41 bits per heavy atom. The van der Waals surface area contributed by atoms with Crippen molar-refractivity contribution in [1.82, 2.24) is 0 Å². The molecule has 0 saturated carbocycles. The van der Waals surface area contributed by atoms with Gasteiger partial charge >= 0.3 is 0 Å². The number of ether oxygens (including phenoxy) is 1. The standard InChI is InChI=1S/C13H18O4/c14-7-10(15)8-17-11-5-4-9-2-1-3-13(16)12(9)6-11/h4-6,10,13-16H,1-3,7-8H2/t10?,13-/m1/s1. The zero-order valence-corrected chi connectivity index (χ0v) is 9.67. The molecular weight excluding hydrogens is 220 g/mol. The first-order valence-electron chi connectivity index (χ1n) is 5.93. The maximum absolute atomic E-state index is 9.86. The maximum Gasteiger partial charge on any atom is 0.119 e. The van der Waals surface area contributed by atoms with E-state index in [1.807, 2.05) is 18.2 Å². The largest absolute Gasteiger partial charge is 0.491 e. The molecule has 94 valence electrons. The SMILES string of the molecule is OCC(O)COc1ccc2c(c1)[C@H](O)CCC2. The van der Waals surface area contributed by atoms with Crippen LogP contribution in [-0.2, 0) is 6.42 Å². The van der Waals surface area contributed by atoms with Crippen molar-refractivity contribution in [3.8, 4) is 5.75 Å². The summed E-state index contributed by atoms with van der Waals surface area (Å²) in [5.74, 6) is 0.622. The molecular formula is C13H18O4. The fourth-order valence-corrected chi connectivity index (χ4v) is 2.09. The van der Waals surface area contributed by atoms with Gasteiger partial charge in [0.25, 0.3) is 0 Å². The highest BCUT2D eigenvalue weighted by Gasteiger charge is 2.18. The fraction of sp³-hybridized carbons (Fsp3) is 0.538. The Bertz CT molecular complexity index is 378. The van der Waals surface area contributed by atoms with Gasteiger partial charge in [-0.3, -0.25) is 0 Å². The van der Waals surface area contributed by atoms with Crippen LogP contribution in [0.4, 0.5) is 0 Å². The average molecular weight is 238 g/mol. The number of hydrogen-bond acceptors (Lipinski definition) is 4. The summed E-state index contributed by atoms with van der Waals surface area (Å²) in [6.07, 6.45) is 1.51. The molecule has 0 aromatic heterocycles. The van der Waals surface area contributed by atoms with Crippen LogP contribution in [-0.4, -0.2) is 34.6 Å². The van der Waals surface area contributed by atoms with E-state index in [4.69, 9.17) is 9.84 Å². The Morgan fingerprint density at radius 2 is 2.24 bits per heavy atom. The van der Waals surface area contributed by atoms with Crippen LogP contribution >= 0.6 is 0 Å². The van der Waals surface area contributed by atoms with Crippen LogP contribution in [0.2, 0.25) is 0 Å². The lowest BCUT2D eigenvalue weighted by atomic mass is 9.89. The molecule has 2 rings (SSSR count). The van der Waals surface area contributed by atoms with E-state index < -0.39 is 12.2 Å². The Labute approximate surface area is 100 Å². The van der Waals surface area contributed by atoms with E-state index in [9.17, 15) is 10.2 Å². The second kappa shape index (κ2) is 5.49. The van der Waals surface area contributed by atoms with Crippen molar-refractivity contribution >= 4 is 0 Å². The Kier molecular flexibility index (Phi) is 3.99. The lowest BCUT2D eigenvalue weighted by Crippen LogP contribution is -2.21. The molecule has 1 aromatic rings. The van der Waals surface area contributed by atoms with Crippen LogP contribution in [0, 0.1) is 0 Å². The summed E-state index contributed by atoms with van der Waals surface area (Å²) in [5, 5.41) is 27.7. The summed E-state index contributed by atoms with van der Waals surface area (Å²) in [6.45, 7) is -0.251. The maximum atomic E-state index is 9.86. The van der Waals surface area contributed by atoms with E-state index in [0.717, 1.165) is 24.8 Å². The van der Waals surface area contributed by atoms with Crippen molar-refractivity contribution in [2.75, 3.05) is 13.2 Å². The van der Waals surface area contributed by atoms with Gasteiger partial charge < -0.3 is 20.1 Å². The van der Waals surface area contributed by atoms with E-state index in [2.05, 4.69) is 0 Å². The minimum atomic E-state index is -0.865. The Hall–Kier alpha value is -1.10. The molecule has 1 aliphatic rings. The summed E-state index contributed by atoms with van der Waals surface area (Å²) in [7, 11) is 0. The highest BCUT2D eigenvalue weighted by Crippen LogP contribution is 2.32. The number of rotatable bonds is 4. The predicted molar refractivity (Wildman–Crippen MR) is 62.9 cm³/mol. The normalized spacial score (nSPS) is 20.8. The fourth-order valence-electron chi connectivity index (χ4n) is 2.09. The zero-order valence-electron chi connectivity index (χ0n) is 9.67. The number of hydrogen-bond donors (Lipinski definition) is 3. The van der Waals surface area contributed by atoms with Crippen molar-refractivity contribution in [3.63, 3.8) is 0 Å². The number of aliphatic hydroxyl groups is 3. The number of benzene rings is 1. The van der Waals surface area contributed by atoms with Crippen molar-refractivity contribution in [2.45, 2.75) is 31.5 Å². The summed E-state index contributed by atoms with van der Waals surface area (Å²) >= 11 is 0. The number of aliphatic hydroxyl groups excluding tert-OH is 3. The summed E-state index contributed by atoms with van der Waals surface area (Å²) < 4.78 is 5.35. The first-order valence-corrected chi connectivity index (χ1v) is 5.93. The van der Waals surface area contributed by atoms with Gasteiger partial charge in [-0.2, -0.15) is 0 Å². The second-order valence-corrected chi connectivity index (χ2v) is 4.42. The van der Waals surface area contributed by atoms with Crippen molar-refractivity contribution in [1.29, 1.82) is 0 Å². The van der Waals surface area contributed by atoms with Crippen LogP contribution in [0.5, 0.6) is 5.75 Å². The van der Waals surface area contributed by atoms with Crippen LogP contribution in [0.25, 0.3) is 0 Å². The zero-order chi connectivity index (χ0) is 12.3. The smallest absolute Gasteiger partial charge is 0.119 e. The van der Waals surface area contributed by atoms with Gasteiger partial charge in [-0.05, 0) is 42.5 Å². The van der Waals surface area contributed by atoms with E-state index >= 15 is 0 Å². The van der Waals surface area contributed by atoms with Crippen molar-refractivity contribution < 1.29 is 20.1 Å². The minimum absolute atomic E-state index is 0.0609. The summed E-state index contributed by atoms with van der Waals surface area (Å²) in [5.41, 5.74) is 2.09. The average Bonchev–Trinajstić information content (AvgIpc) is 2.36. The lowest BCUT2D eigenvalue weighted by molar-refractivity contribution is 0.0534. The lowest BCUT2D eigenvalue weighted by Gasteiger charge is -2.22.